The number of alkyl halides is 3. The summed E-state index contributed by atoms with van der Waals surface area (Å²) in [5.74, 6) is 0.134. The zero-order valence-corrected chi connectivity index (χ0v) is 12.6. The van der Waals surface area contributed by atoms with Crippen LogP contribution in [0.4, 0.5) is 13.2 Å². The molecule has 0 N–H and O–H groups in total. The molecule has 1 atom stereocenters. The molecule has 0 amide bonds. The average Bonchev–Trinajstić information content (AvgIpc) is 2.87. The second-order valence-corrected chi connectivity index (χ2v) is 9.45. The molecule has 0 radical (unpaired) electrons. The lowest BCUT2D eigenvalue weighted by Gasteiger charge is -2.34. The Morgan fingerprint density at radius 3 is 2.75 bits per heavy atom. The molecule has 0 bridgehead atoms. The quantitative estimate of drug-likeness (QED) is 0.842. The highest BCUT2D eigenvalue weighted by Gasteiger charge is 2.32. The summed E-state index contributed by atoms with van der Waals surface area (Å²) in [4.78, 5) is 0. The lowest BCUT2D eigenvalue weighted by atomic mass is 10.2. The van der Waals surface area contributed by atoms with Crippen LogP contribution in [0.25, 0.3) is 0 Å². The number of aromatic nitrogens is 2. The average molecular weight is 310 g/mol. The van der Waals surface area contributed by atoms with Gasteiger partial charge in [-0.05, 0) is 43.6 Å². The summed E-state index contributed by atoms with van der Waals surface area (Å²) in [7, 11) is -1.53. The molecule has 0 saturated carbocycles. The molecule has 20 heavy (non-hydrogen) atoms. The fourth-order valence-electron chi connectivity index (χ4n) is 2.35. The van der Waals surface area contributed by atoms with E-state index < -0.39 is 22.6 Å². The Morgan fingerprint density at radius 1 is 1.40 bits per heavy atom. The lowest BCUT2D eigenvalue weighted by molar-refractivity contribution is -0.129. The van der Waals surface area contributed by atoms with Gasteiger partial charge in [-0.2, -0.15) is 18.3 Å². The zero-order valence-electron chi connectivity index (χ0n) is 11.8. The molecule has 1 saturated heterocycles. The smallest absolute Gasteiger partial charge is 0.356 e. The molecule has 2 heterocycles. The van der Waals surface area contributed by atoms with E-state index in [9.17, 15) is 13.2 Å². The molecule has 3 nitrogen and oxygen atoms in total. The van der Waals surface area contributed by atoms with Gasteiger partial charge >= 0.3 is 6.18 Å². The van der Waals surface area contributed by atoms with Gasteiger partial charge in [-0.15, -0.1) is 0 Å². The fourth-order valence-corrected chi connectivity index (χ4v) is 4.40. The topological polar surface area (TPSA) is 27.1 Å². The molecule has 1 aliphatic heterocycles. The summed E-state index contributed by atoms with van der Waals surface area (Å²) < 4.78 is 44.8. The summed E-state index contributed by atoms with van der Waals surface area (Å²) in [5.41, 5.74) is 0. The van der Waals surface area contributed by atoms with Gasteiger partial charge < -0.3 is 4.74 Å². The van der Waals surface area contributed by atoms with E-state index in [0.29, 0.717) is 6.61 Å². The van der Waals surface area contributed by atoms with Crippen molar-refractivity contribution in [3.63, 3.8) is 0 Å². The largest absolute Gasteiger partial charge is 0.389 e. The van der Waals surface area contributed by atoms with Gasteiger partial charge in [0.2, 0.25) is 0 Å². The van der Waals surface area contributed by atoms with E-state index in [1.807, 2.05) is 18.6 Å². The minimum Gasteiger partial charge on any atom is -0.356 e. The molecule has 0 aromatic carbocycles. The monoisotopic (exact) mass is 310 g/mol. The van der Waals surface area contributed by atoms with Gasteiger partial charge in [0.15, 0.2) is 6.23 Å². The fraction of sp³-hybridized carbons (Fsp3) is 0.769. The Balaban J connectivity index is 2.13. The maximum absolute atomic E-state index is 12.4. The maximum atomic E-state index is 12.4. The molecular formula is C13H21F3N2OS. The molecule has 1 aromatic rings. The van der Waals surface area contributed by atoms with Gasteiger partial charge in [-0.1, -0.05) is 0 Å². The third-order valence-electron chi connectivity index (χ3n) is 3.52. The molecule has 1 aliphatic rings. The number of hydrogen-bond donors (Lipinski definition) is 0. The summed E-state index contributed by atoms with van der Waals surface area (Å²) >= 11 is 0. The molecule has 0 spiro atoms. The number of halogens is 3. The van der Waals surface area contributed by atoms with Gasteiger partial charge in [0.05, 0.1) is 17.6 Å². The number of hydrogen-bond acceptors (Lipinski definition) is 2. The van der Waals surface area contributed by atoms with Crippen molar-refractivity contribution in [2.45, 2.75) is 43.1 Å². The highest BCUT2D eigenvalue weighted by atomic mass is 32.3. The second kappa shape index (κ2) is 5.97. The Hall–Kier alpha value is -0.690. The van der Waals surface area contributed by atoms with Gasteiger partial charge in [0.1, 0.15) is 0 Å². The van der Waals surface area contributed by atoms with E-state index in [2.05, 4.69) is 5.10 Å². The SMILES string of the molecule is CS(C)(CCC(F)(F)F)c1ccnn1C1CCCCO1. The third kappa shape index (κ3) is 3.91. The van der Waals surface area contributed by atoms with E-state index in [0.717, 1.165) is 24.3 Å². The van der Waals surface area contributed by atoms with Crippen molar-refractivity contribution >= 4 is 10.0 Å². The van der Waals surface area contributed by atoms with Gasteiger partial charge in [-0.3, -0.25) is 0 Å². The first-order valence-corrected chi connectivity index (χ1v) is 9.34. The Bertz CT molecular complexity index is 439. The van der Waals surface area contributed by atoms with Crippen LogP contribution in [0.5, 0.6) is 0 Å². The predicted molar refractivity (Wildman–Crippen MR) is 74.3 cm³/mol. The van der Waals surface area contributed by atoms with Crippen molar-refractivity contribution in [1.29, 1.82) is 0 Å². The summed E-state index contributed by atoms with van der Waals surface area (Å²) in [6.45, 7) is 0.697. The van der Waals surface area contributed by atoms with Crippen LogP contribution in [-0.2, 0) is 4.74 Å². The van der Waals surface area contributed by atoms with Crippen LogP contribution in [-0.4, -0.2) is 40.8 Å². The van der Waals surface area contributed by atoms with Crippen LogP contribution in [0, 0.1) is 0 Å². The Kier molecular flexibility index (Phi) is 4.69. The lowest BCUT2D eigenvalue weighted by Crippen LogP contribution is -2.23. The minimum absolute atomic E-state index is 0.119. The van der Waals surface area contributed by atoms with Gasteiger partial charge in [0.25, 0.3) is 0 Å². The zero-order chi connectivity index (χ0) is 14.8. The van der Waals surface area contributed by atoms with Crippen LogP contribution < -0.4 is 0 Å². The van der Waals surface area contributed by atoms with Crippen molar-refractivity contribution in [2.75, 3.05) is 24.9 Å². The van der Waals surface area contributed by atoms with Crippen molar-refractivity contribution in [3.05, 3.63) is 12.3 Å². The van der Waals surface area contributed by atoms with Gasteiger partial charge in [-0.25, -0.2) is 14.7 Å². The standard InChI is InChI=1S/C13H21F3N2OS/c1-20(2,10-7-13(14,15)16)12-6-8-17-18(12)11-5-3-4-9-19-11/h6,8,11H,3-5,7,9-10H2,1-2H3. The first-order chi connectivity index (χ1) is 9.30. The van der Waals surface area contributed by atoms with Crippen molar-refractivity contribution in [3.8, 4) is 0 Å². The number of rotatable bonds is 4. The van der Waals surface area contributed by atoms with Crippen molar-refractivity contribution in [1.82, 2.24) is 9.78 Å². The Morgan fingerprint density at radius 2 is 2.15 bits per heavy atom. The van der Waals surface area contributed by atoms with Crippen LogP contribution in [0.3, 0.4) is 0 Å². The van der Waals surface area contributed by atoms with Crippen molar-refractivity contribution in [2.24, 2.45) is 0 Å². The Labute approximate surface area is 118 Å². The first-order valence-electron chi connectivity index (χ1n) is 6.72. The van der Waals surface area contributed by atoms with Crippen LogP contribution in [0.2, 0.25) is 0 Å². The molecule has 2 rings (SSSR count). The molecular weight excluding hydrogens is 289 g/mol. The van der Waals surface area contributed by atoms with E-state index >= 15 is 0 Å². The molecule has 1 unspecified atom stereocenters. The van der Waals surface area contributed by atoms with E-state index in [1.54, 1.807) is 10.9 Å². The van der Waals surface area contributed by atoms with Crippen LogP contribution in [0.1, 0.15) is 31.9 Å². The molecule has 0 aliphatic carbocycles. The highest BCUT2D eigenvalue weighted by molar-refractivity contribution is 8.32. The first kappa shape index (κ1) is 15.7. The highest BCUT2D eigenvalue weighted by Crippen LogP contribution is 2.51. The number of ether oxygens (including phenoxy) is 1. The maximum Gasteiger partial charge on any atom is 0.389 e. The van der Waals surface area contributed by atoms with E-state index in [-0.39, 0.29) is 12.0 Å². The number of nitrogens with zero attached hydrogens (tertiary/aromatic N) is 2. The van der Waals surface area contributed by atoms with E-state index in [1.165, 1.54) is 0 Å². The summed E-state index contributed by atoms with van der Waals surface area (Å²) in [6.07, 6.45) is 3.51. The molecule has 1 fully saturated rings. The van der Waals surface area contributed by atoms with Crippen LogP contribution in [0.15, 0.2) is 17.3 Å². The normalized spacial score (nSPS) is 21.9. The van der Waals surface area contributed by atoms with Crippen LogP contribution >= 0.6 is 10.0 Å². The molecule has 7 heteroatoms. The van der Waals surface area contributed by atoms with Crippen molar-refractivity contribution < 1.29 is 17.9 Å². The second-order valence-electron chi connectivity index (χ2n) is 5.54. The molecule has 1 aromatic heterocycles. The minimum atomic E-state index is -4.10. The molecule has 116 valence electrons. The predicted octanol–water partition coefficient (Wildman–Crippen LogP) is 3.96. The summed E-state index contributed by atoms with van der Waals surface area (Å²) in [5, 5.41) is 5.18. The van der Waals surface area contributed by atoms with Gasteiger partial charge in [0, 0.05) is 6.61 Å². The summed E-state index contributed by atoms with van der Waals surface area (Å²) in [6, 6.07) is 1.84. The van der Waals surface area contributed by atoms with E-state index in [4.69, 9.17) is 4.74 Å². The third-order valence-corrected chi connectivity index (χ3v) is 6.20.